The number of nitrogens with zero attached hydrogens (tertiary/aromatic N) is 1. The monoisotopic (exact) mass is 295 g/mol. The van der Waals surface area contributed by atoms with Gasteiger partial charge < -0.3 is 9.64 Å². The van der Waals surface area contributed by atoms with Crippen molar-refractivity contribution in [1.82, 2.24) is 4.90 Å². The first kappa shape index (κ1) is 14.6. The van der Waals surface area contributed by atoms with Gasteiger partial charge in [-0.1, -0.05) is 24.3 Å². The molecule has 6 heteroatoms. The molecule has 0 aliphatic carbocycles. The summed E-state index contributed by atoms with van der Waals surface area (Å²) in [5.41, 5.74) is 0. The molecule has 1 aliphatic rings. The van der Waals surface area contributed by atoms with Gasteiger partial charge in [-0.15, -0.1) is 6.58 Å². The van der Waals surface area contributed by atoms with Crippen LogP contribution in [0.25, 0.3) is 0 Å². The minimum absolute atomic E-state index is 0.00920. The number of para-hydroxylation sites is 1. The summed E-state index contributed by atoms with van der Waals surface area (Å²) in [4.78, 5) is 13.6. The molecule has 0 N–H and O–H groups in total. The van der Waals surface area contributed by atoms with Crippen LogP contribution in [0.5, 0.6) is 5.75 Å². The van der Waals surface area contributed by atoms with E-state index >= 15 is 0 Å². The first-order valence-corrected chi connectivity index (χ1v) is 8.19. The summed E-state index contributed by atoms with van der Waals surface area (Å²) < 4.78 is 28.3. The van der Waals surface area contributed by atoms with Crippen molar-refractivity contribution < 1.29 is 17.9 Å². The van der Waals surface area contributed by atoms with E-state index in [1.165, 1.54) is 4.90 Å². The number of benzene rings is 1. The van der Waals surface area contributed by atoms with E-state index in [2.05, 4.69) is 6.58 Å². The van der Waals surface area contributed by atoms with E-state index in [0.29, 0.717) is 12.2 Å². The van der Waals surface area contributed by atoms with E-state index < -0.39 is 15.9 Å². The number of sulfone groups is 1. The average molecular weight is 295 g/mol. The van der Waals surface area contributed by atoms with Crippen LogP contribution >= 0.6 is 0 Å². The Kier molecular flexibility index (Phi) is 4.44. The molecule has 0 aromatic heterocycles. The van der Waals surface area contributed by atoms with E-state index in [9.17, 15) is 13.2 Å². The van der Waals surface area contributed by atoms with Crippen molar-refractivity contribution in [3.63, 3.8) is 0 Å². The molecular formula is C14H17NO4S. The van der Waals surface area contributed by atoms with Gasteiger partial charge in [0.2, 0.25) is 0 Å². The maximum atomic E-state index is 12.2. The van der Waals surface area contributed by atoms with Crippen LogP contribution in [0.1, 0.15) is 6.42 Å². The standard InChI is InChI=1S/C14H17NO4S/c1-2-9-15(12-8-10-20(17,18)11-12)14(16)19-13-6-4-3-5-7-13/h2-7,12H,1,8-11H2/t12-/m1/s1. The number of rotatable bonds is 4. The van der Waals surface area contributed by atoms with E-state index in [0.717, 1.165) is 0 Å². The van der Waals surface area contributed by atoms with Crippen LogP contribution in [-0.4, -0.2) is 43.5 Å². The van der Waals surface area contributed by atoms with E-state index in [4.69, 9.17) is 4.74 Å². The molecule has 5 nitrogen and oxygen atoms in total. The predicted octanol–water partition coefficient (Wildman–Crippen LogP) is 1.86. The molecule has 0 bridgehead atoms. The fourth-order valence-electron chi connectivity index (χ4n) is 2.18. The third-order valence-electron chi connectivity index (χ3n) is 3.16. The number of amides is 1. The van der Waals surface area contributed by atoms with Gasteiger partial charge in [-0.2, -0.15) is 0 Å². The zero-order chi connectivity index (χ0) is 14.6. The molecule has 0 unspecified atom stereocenters. The van der Waals surface area contributed by atoms with E-state index in [-0.39, 0.29) is 24.1 Å². The minimum Gasteiger partial charge on any atom is -0.410 e. The summed E-state index contributed by atoms with van der Waals surface area (Å²) in [6.07, 6.45) is 1.47. The average Bonchev–Trinajstić information content (AvgIpc) is 2.77. The molecule has 1 aromatic rings. The SMILES string of the molecule is C=CCN(C(=O)Oc1ccccc1)[C@@H]1CCS(=O)(=O)C1. The third kappa shape index (κ3) is 3.60. The third-order valence-corrected chi connectivity index (χ3v) is 4.91. The molecule has 20 heavy (non-hydrogen) atoms. The second-order valence-corrected chi connectivity index (χ2v) is 6.91. The van der Waals surface area contributed by atoms with Crippen LogP contribution < -0.4 is 4.74 Å². The van der Waals surface area contributed by atoms with Crippen LogP contribution in [-0.2, 0) is 9.84 Å². The maximum Gasteiger partial charge on any atom is 0.415 e. The Balaban J connectivity index is 2.08. The van der Waals surface area contributed by atoms with Crippen molar-refractivity contribution in [3.8, 4) is 5.75 Å². The molecule has 1 saturated heterocycles. The zero-order valence-corrected chi connectivity index (χ0v) is 11.9. The Morgan fingerprint density at radius 3 is 2.65 bits per heavy atom. The molecule has 108 valence electrons. The zero-order valence-electron chi connectivity index (χ0n) is 11.1. The fourth-order valence-corrected chi connectivity index (χ4v) is 3.91. The molecule has 1 aromatic carbocycles. The van der Waals surface area contributed by atoms with Crippen molar-refractivity contribution in [2.24, 2.45) is 0 Å². The number of carbonyl (C=O) groups is 1. The molecule has 1 atom stereocenters. The summed E-state index contributed by atoms with van der Waals surface area (Å²) in [5.74, 6) is 0.543. The summed E-state index contributed by atoms with van der Waals surface area (Å²) in [7, 11) is -3.05. The molecule has 1 amide bonds. The van der Waals surface area contributed by atoms with Crippen molar-refractivity contribution >= 4 is 15.9 Å². The highest BCUT2D eigenvalue weighted by molar-refractivity contribution is 7.91. The normalized spacial score (nSPS) is 20.3. The van der Waals surface area contributed by atoms with Crippen molar-refractivity contribution in [1.29, 1.82) is 0 Å². The van der Waals surface area contributed by atoms with Crippen LogP contribution in [0, 0.1) is 0 Å². The number of hydrogen-bond acceptors (Lipinski definition) is 4. The van der Waals surface area contributed by atoms with Crippen LogP contribution in [0.2, 0.25) is 0 Å². The summed E-state index contributed by atoms with van der Waals surface area (Å²) in [6.45, 7) is 3.87. The van der Waals surface area contributed by atoms with Crippen LogP contribution in [0.4, 0.5) is 4.79 Å². The molecule has 2 rings (SSSR count). The first-order valence-electron chi connectivity index (χ1n) is 6.36. The lowest BCUT2D eigenvalue weighted by Gasteiger charge is -2.25. The quantitative estimate of drug-likeness (QED) is 0.795. The highest BCUT2D eigenvalue weighted by Crippen LogP contribution is 2.19. The molecular weight excluding hydrogens is 278 g/mol. The smallest absolute Gasteiger partial charge is 0.410 e. The second-order valence-electron chi connectivity index (χ2n) is 4.68. The molecule has 1 aliphatic heterocycles. The van der Waals surface area contributed by atoms with Crippen molar-refractivity contribution in [2.75, 3.05) is 18.1 Å². The molecule has 0 spiro atoms. The van der Waals surface area contributed by atoms with Crippen LogP contribution in [0.3, 0.4) is 0 Å². The number of hydrogen-bond donors (Lipinski definition) is 0. The van der Waals surface area contributed by atoms with Gasteiger partial charge >= 0.3 is 6.09 Å². The minimum atomic E-state index is -3.05. The Hall–Kier alpha value is -1.82. The van der Waals surface area contributed by atoms with Crippen molar-refractivity contribution in [3.05, 3.63) is 43.0 Å². The summed E-state index contributed by atoms with van der Waals surface area (Å²) in [6, 6.07) is 8.36. The Bertz CT molecular complexity index is 582. The largest absolute Gasteiger partial charge is 0.415 e. The second kappa shape index (κ2) is 6.09. The predicted molar refractivity (Wildman–Crippen MR) is 76.4 cm³/mol. The molecule has 1 fully saturated rings. The van der Waals surface area contributed by atoms with Gasteiger partial charge in [-0.05, 0) is 18.6 Å². The highest BCUT2D eigenvalue weighted by Gasteiger charge is 2.35. The lowest BCUT2D eigenvalue weighted by Crippen LogP contribution is -2.42. The van der Waals surface area contributed by atoms with Gasteiger partial charge in [0.1, 0.15) is 5.75 Å². The van der Waals surface area contributed by atoms with Crippen molar-refractivity contribution in [2.45, 2.75) is 12.5 Å². The molecule has 0 saturated carbocycles. The van der Waals surface area contributed by atoms with Gasteiger partial charge in [0, 0.05) is 6.54 Å². The van der Waals surface area contributed by atoms with E-state index in [1.54, 1.807) is 30.3 Å². The Morgan fingerprint density at radius 2 is 2.10 bits per heavy atom. The van der Waals surface area contributed by atoms with Crippen LogP contribution in [0.15, 0.2) is 43.0 Å². The Morgan fingerprint density at radius 1 is 1.40 bits per heavy atom. The lowest BCUT2D eigenvalue weighted by molar-refractivity contribution is 0.142. The van der Waals surface area contributed by atoms with Gasteiger partial charge in [-0.25, -0.2) is 13.2 Å². The van der Waals surface area contributed by atoms with Gasteiger partial charge in [0.25, 0.3) is 0 Å². The highest BCUT2D eigenvalue weighted by atomic mass is 32.2. The topological polar surface area (TPSA) is 63.7 Å². The maximum absolute atomic E-state index is 12.2. The number of carbonyl (C=O) groups excluding carboxylic acids is 1. The molecule has 1 heterocycles. The Labute approximate surface area is 118 Å². The van der Waals surface area contributed by atoms with Gasteiger partial charge in [0.05, 0.1) is 17.5 Å². The summed E-state index contributed by atoms with van der Waals surface area (Å²) >= 11 is 0. The molecule has 0 radical (unpaired) electrons. The van der Waals surface area contributed by atoms with Gasteiger partial charge in [-0.3, -0.25) is 0 Å². The first-order chi connectivity index (χ1) is 9.52. The fraction of sp³-hybridized carbons (Fsp3) is 0.357. The van der Waals surface area contributed by atoms with E-state index in [1.807, 2.05) is 6.07 Å². The lowest BCUT2D eigenvalue weighted by atomic mass is 10.2. The number of ether oxygens (including phenoxy) is 1. The summed E-state index contributed by atoms with van der Waals surface area (Å²) in [5, 5.41) is 0. The van der Waals surface area contributed by atoms with Gasteiger partial charge in [0.15, 0.2) is 9.84 Å².